The topological polar surface area (TPSA) is 64.6 Å². The zero-order valence-electron chi connectivity index (χ0n) is 12.8. The lowest BCUT2D eigenvalue weighted by atomic mass is 10.2. The van der Waals surface area contributed by atoms with Gasteiger partial charge in [0.1, 0.15) is 5.75 Å². The van der Waals surface area contributed by atoms with Crippen LogP contribution in [0, 0.1) is 6.92 Å². The number of benzene rings is 2. The Balaban J connectivity index is 1.75. The van der Waals surface area contributed by atoms with E-state index in [4.69, 9.17) is 32.7 Å². The Hall–Kier alpha value is -2.24. The van der Waals surface area contributed by atoms with E-state index >= 15 is 0 Å². The minimum absolute atomic E-state index is 0.312. The molecule has 0 unspecified atom stereocenters. The minimum Gasteiger partial charge on any atom is -0.482 e. The average molecular weight is 368 g/mol. The first-order valence-corrected chi connectivity index (χ1v) is 7.79. The van der Waals surface area contributed by atoms with Crippen molar-refractivity contribution in [2.45, 2.75) is 6.92 Å². The second-order valence-corrected chi connectivity index (χ2v) is 5.79. The summed E-state index contributed by atoms with van der Waals surface area (Å²) in [5.74, 6) is -0.657. The standard InChI is InChI=1S/C17H15Cl2NO4/c1-11-7-13(19)5-6-15(11)20-16(21)9-24-17(22)10-23-14-4-2-3-12(18)8-14/h2-8H,9-10H2,1H3,(H,20,21). The van der Waals surface area contributed by atoms with Gasteiger partial charge in [0.25, 0.3) is 5.91 Å². The van der Waals surface area contributed by atoms with Crippen LogP contribution in [0.25, 0.3) is 0 Å². The number of halogens is 2. The van der Waals surface area contributed by atoms with E-state index < -0.39 is 18.5 Å². The molecule has 0 aliphatic heterocycles. The molecule has 0 bridgehead atoms. The Morgan fingerprint density at radius 2 is 1.79 bits per heavy atom. The molecule has 5 nitrogen and oxygen atoms in total. The van der Waals surface area contributed by atoms with Gasteiger partial charge in [-0.2, -0.15) is 0 Å². The van der Waals surface area contributed by atoms with Gasteiger partial charge in [-0.1, -0.05) is 29.3 Å². The van der Waals surface area contributed by atoms with Gasteiger partial charge in [-0.15, -0.1) is 0 Å². The monoisotopic (exact) mass is 367 g/mol. The molecule has 0 aliphatic rings. The number of esters is 1. The fourth-order valence-corrected chi connectivity index (χ4v) is 2.25. The SMILES string of the molecule is Cc1cc(Cl)ccc1NC(=O)COC(=O)COc1cccc(Cl)c1. The number of carbonyl (C=O) groups excluding carboxylic acids is 2. The number of nitrogens with one attached hydrogen (secondary N) is 1. The molecule has 0 aromatic heterocycles. The van der Waals surface area contributed by atoms with Crippen molar-refractivity contribution in [2.75, 3.05) is 18.5 Å². The molecular weight excluding hydrogens is 353 g/mol. The summed E-state index contributed by atoms with van der Waals surface area (Å²) in [5.41, 5.74) is 1.42. The molecule has 0 atom stereocenters. The van der Waals surface area contributed by atoms with Crippen molar-refractivity contribution in [1.82, 2.24) is 0 Å². The van der Waals surface area contributed by atoms with Crippen molar-refractivity contribution in [2.24, 2.45) is 0 Å². The van der Waals surface area contributed by atoms with Crippen LogP contribution in [-0.4, -0.2) is 25.1 Å². The van der Waals surface area contributed by atoms with Crippen LogP contribution < -0.4 is 10.1 Å². The van der Waals surface area contributed by atoms with Gasteiger partial charge in [-0.25, -0.2) is 4.79 Å². The number of rotatable bonds is 6. The van der Waals surface area contributed by atoms with Gasteiger partial charge in [0.2, 0.25) is 0 Å². The molecule has 2 aromatic carbocycles. The third-order valence-corrected chi connectivity index (χ3v) is 3.45. The smallest absolute Gasteiger partial charge is 0.344 e. The summed E-state index contributed by atoms with van der Waals surface area (Å²) < 4.78 is 10.1. The highest BCUT2D eigenvalue weighted by molar-refractivity contribution is 6.31. The highest BCUT2D eigenvalue weighted by Crippen LogP contribution is 2.19. The lowest BCUT2D eigenvalue weighted by Crippen LogP contribution is -2.24. The summed E-state index contributed by atoms with van der Waals surface area (Å²) in [6.45, 7) is 1.10. The van der Waals surface area contributed by atoms with Gasteiger partial charge < -0.3 is 14.8 Å². The lowest BCUT2D eigenvalue weighted by Gasteiger charge is -2.10. The largest absolute Gasteiger partial charge is 0.482 e. The third kappa shape index (κ3) is 5.76. The number of ether oxygens (including phenoxy) is 2. The Morgan fingerprint density at radius 1 is 1.04 bits per heavy atom. The first-order chi connectivity index (χ1) is 11.4. The first kappa shape index (κ1) is 18.1. The molecule has 7 heteroatoms. The number of hydrogen-bond acceptors (Lipinski definition) is 4. The van der Waals surface area contributed by atoms with Gasteiger partial charge in [-0.3, -0.25) is 4.79 Å². The maximum absolute atomic E-state index is 11.8. The second kappa shape index (κ2) is 8.57. The van der Waals surface area contributed by atoms with Crippen LogP contribution in [0.5, 0.6) is 5.75 Å². The van der Waals surface area contributed by atoms with Crippen LogP contribution >= 0.6 is 23.2 Å². The summed E-state index contributed by atoms with van der Waals surface area (Å²) in [7, 11) is 0. The predicted molar refractivity (Wildman–Crippen MR) is 92.7 cm³/mol. The van der Waals surface area contributed by atoms with E-state index in [0.29, 0.717) is 21.5 Å². The van der Waals surface area contributed by atoms with Crippen molar-refractivity contribution >= 4 is 40.8 Å². The molecule has 2 rings (SSSR count). The minimum atomic E-state index is -0.655. The summed E-state index contributed by atoms with van der Waals surface area (Å²) >= 11 is 11.7. The maximum atomic E-state index is 11.8. The second-order valence-electron chi connectivity index (χ2n) is 4.91. The van der Waals surface area contributed by atoms with Crippen molar-refractivity contribution in [3.63, 3.8) is 0 Å². The fraction of sp³-hybridized carbons (Fsp3) is 0.176. The van der Waals surface area contributed by atoms with Crippen LogP contribution in [0.15, 0.2) is 42.5 Å². The third-order valence-electron chi connectivity index (χ3n) is 2.98. The molecule has 24 heavy (non-hydrogen) atoms. The zero-order valence-corrected chi connectivity index (χ0v) is 14.4. The molecule has 0 aliphatic carbocycles. The number of amides is 1. The van der Waals surface area contributed by atoms with Crippen LogP contribution in [0.3, 0.4) is 0 Å². The van der Waals surface area contributed by atoms with E-state index in [-0.39, 0.29) is 6.61 Å². The maximum Gasteiger partial charge on any atom is 0.344 e. The highest BCUT2D eigenvalue weighted by atomic mass is 35.5. The number of carbonyl (C=O) groups is 2. The summed E-state index contributed by atoms with van der Waals surface area (Å²) in [6, 6.07) is 11.7. The van der Waals surface area contributed by atoms with Crippen molar-refractivity contribution in [3.8, 4) is 5.75 Å². The Labute approximate surface area is 149 Å². The van der Waals surface area contributed by atoms with Crippen LogP contribution in [0.4, 0.5) is 5.69 Å². The molecule has 0 radical (unpaired) electrons. The number of aryl methyl sites for hydroxylation is 1. The number of anilines is 1. The van der Waals surface area contributed by atoms with E-state index in [9.17, 15) is 9.59 Å². The molecule has 0 saturated carbocycles. The molecule has 1 amide bonds. The molecular formula is C17H15Cl2NO4. The molecule has 126 valence electrons. The lowest BCUT2D eigenvalue weighted by molar-refractivity contribution is -0.149. The Kier molecular flexibility index (Phi) is 6.46. The van der Waals surface area contributed by atoms with Gasteiger partial charge in [0, 0.05) is 15.7 Å². The normalized spacial score (nSPS) is 10.1. The predicted octanol–water partition coefficient (Wildman–Crippen LogP) is 3.86. The fourth-order valence-electron chi connectivity index (χ4n) is 1.84. The Bertz CT molecular complexity index is 749. The van der Waals surface area contributed by atoms with E-state index in [1.165, 1.54) is 0 Å². The number of hydrogen-bond donors (Lipinski definition) is 1. The zero-order chi connectivity index (χ0) is 17.5. The van der Waals surface area contributed by atoms with Crippen molar-refractivity contribution < 1.29 is 19.1 Å². The molecule has 2 aromatic rings. The first-order valence-electron chi connectivity index (χ1n) is 7.04. The summed E-state index contributed by atoms with van der Waals surface area (Å²) in [5, 5.41) is 3.72. The van der Waals surface area contributed by atoms with Crippen LogP contribution in [0.1, 0.15) is 5.56 Å². The molecule has 0 heterocycles. The van der Waals surface area contributed by atoms with Gasteiger partial charge in [-0.05, 0) is 48.9 Å². The summed E-state index contributed by atoms with van der Waals surface area (Å²) in [4.78, 5) is 23.4. The van der Waals surface area contributed by atoms with Crippen molar-refractivity contribution in [1.29, 1.82) is 0 Å². The van der Waals surface area contributed by atoms with Crippen LogP contribution in [-0.2, 0) is 14.3 Å². The molecule has 0 saturated heterocycles. The van der Waals surface area contributed by atoms with E-state index in [0.717, 1.165) is 5.56 Å². The summed E-state index contributed by atoms with van der Waals surface area (Å²) in [6.07, 6.45) is 0. The van der Waals surface area contributed by atoms with Crippen molar-refractivity contribution in [3.05, 3.63) is 58.1 Å². The van der Waals surface area contributed by atoms with Gasteiger partial charge in [0.05, 0.1) is 0 Å². The quantitative estimate of drug-likeness (QED) is 0.787. The van der Waals surface area contributed by atoms with E-state index in [2.05, 4.69) is 5.32 Å². The highest BCUT2D eigenvalue weighted by Gasteiger charge is 2.10. The molecule has 0 fully saturated rings. The Morgan fingerprint density at radius 3 is 2.50 bits per heavy atom. The average Bonchev–Trinajstić information content (AvgIpc) is 2.54. The van der Waals surface area contributed by atoms with Gasteiger partial charge >= 0.3 is 5.97 Å². The molecule has 1 N–H and O–H groups in total. The van der Waals surface area contributed by atoms with E-state index in [1.807, 2.05) is 6.92 Å². The van der Waals surface area contributed by atoms with E-state index in [1.54, 1.807) is 42.5 Å². The van der Waals surface area contributed by atoms with Crippen LogP contribution in [0.2, 0.25) is 10.0 Å². The molecule has 0 spiro atoms. The van der Waals surface area contributed by atoms with Gasteiger partial charge in [0.15, 0.2) is 13.2 Å².